The number of nitrogens with zero attached hydrogens (tertiary/aromatic N) is 2. The van der Waals surface area contributed by atoms with Gasteiger partial charge in [0.15, 0.2) is 0 Å². The molecule has 0 N–H and O–H groups in total. The van der Waals surface area contributed by atoms with Gasteiger partial charge in [-0.05, 0) is 58.7 Å². The van der Waals surface area contributed by atoms with Crippen LogP contribution >= 0.6 is 0 Å². The fourth-order valence-corrected chi connectivity index (χ4v) is 3.82. The van der Waals surface area contributed by atoms with Gasteiger partial charge in [-0.15, -0.1) is 0 Å². The number of esters is 1. The van der Waals surface area contributed by atoms with Gasteiger partial charge < -0.3 is 14.2 Å². The van der Waals surface area contributed by atoms with Crippen molar-refractivity contribution in [2.75, 3.05) is 20.3 Å². The number of ether oxygens (including phenoxy) is 3. The maximum absolute atomic E-state index is 12.7. The Balaban J connectivity index is 2.29. The first-order valence-electron chi connectivity index (χ1n) is 10.3. The Kier molecular flexibility index (Phi) is 8.32. The van der Waals surface area contributed by atoms with Gasteiger partial charge in [-0.1, -0.05) is 12.1 Å². The maximum atomic E-state index is 12.7. The lowest BCUT2D eigenvalue weighted by molar-refractivity contribution is -0.144. The molecule has 0 aromatic heterocycles. The van der Waals surface area contributed by atoms with Gasteiger partial charge in [-0.25, -0.2) is 14.8 Å². The number of carbonyl (C=O) groups excluding carboxylic acids is 2. The van der Waals surface area contributed by atoms with Gasteiger partial charge in [0.2, 0.25) is 0 Å². The van der Waals surface area contributed by atoms with Crippen LogP contribution < -0.4 is 4.74 Å². The van der Waals surface area contributed by atoms with E-state index in [1.54, 1.807) is 19.0 Å². The quantitative estimate of drug-likeness (QED) is 0.614. The summed E-state index contributed by atoms with van der Waals surface area (Å²) in [6.07, 6.45) is 0.390. The monoisotopic (exact) mass is 406 g/mol. The van der Waals surface area contributed by atoms with Gasteiger partial charge in [0, 0.05) is 24.5 Å². The molecular weight excluding hydrogens is 372 g/mol. The van der Waals surface area contributed by atoms with E-state index in [1.165, 1.54) is 0 Å². The van der Waals surface area contributed by atoms with Crippen LogP contribution in [0.3, 0.4) is 0 Å². The van der Waals surface area contributed by atoms with E-state index in [2.05, 4.69) is 5.01 Å². The van der Waals surface area contributed by atoms with Gasteiger partial charge in [0.05, 0.1) is 26.2 Å². The second-order valence-electron chi connectivity index (χ2n) is 7.88. The lowest BCUT2D eigenvalue weighted by atomic mass is 9.91. The van der Waals surface area contributed by atoms with Gasteiger partial charge in [-0.2, -0.15) is 0 Å². The average molecular weight is 407 g/mol. The minimum absolute atomic E-state index is 0.0208. The first-order chi connectivity index (χ1) is 13.8. The fourth-order valence-electron chi connectivity index (χ4n) is 3.82. The first kappa shape index (κ1) is 23.0. The van der Waals surface area contributed by atoms with E-state index in [-0.39, 0.29) is 42.6 Å². The van der Waals surface area contributed by atoms with Crippen LogP contribution in [0.15, 0.2) is 24.3 Å². The molecule has 1 aromatic carbocycles. The van der Waals surface area contributed by atoms with Crippen LogP contribution in [0.25, 0.3) is 0 Å². The summed E-state index contributed by atoms with van der Waals surface area (Å²) in [5, 5.41) is 3.71. The van der Waals surface area contributed by atoms with E-state index in [0.717, 1.165) is 11.3 Å². The van der Waals surface area contributed by atoms with E-state index >= 15 is 0 Å². The molecule has 1 aliphatic heterocycles. The van der Waals surface area contributed by atoms with Crippen LogP contribution in [0.1, 0.15) is 46.6 Å². The predicted molar refractivity (Wildman–Crippen MR) is 111 cm³/mol. The molecule has 0 unspecified atom stereocenters. The number of benzene rings is 1. The largest absolute Gasteiger partial charge is 0.497 e. The molecule has 1 aliphatic rings. The molecule has 0 saturated carbocycles. The summed E-state index contributed by atoms with van der Waals surface area (Å²) in [4.78, 5) is 25.0. The number of amides is 1. The zero-order valence-corrected chi connectivity index (χ0v) is 18.4. The summed E-state index contributed by atoms with van der Waals surface area (Å²) in [5.74, 6) is 0.518. The van der Waals surface area contributed by atoms with Crippen LogP contribution in [0.5, 0.6) is 5.75 Å². The molecule has 0 radical (unpaired) electrons. The predicted octanol–water partition coefficient (Wildman–Crippen LogP) is 3.66. The second-order valence-corrected chi connectivity index (χ2v) is 7.88. The molecule has 1 saturated heterocycles. The number of rotatable bonds is 8. The van der Waals surface area contributed by atoms with Crippen molar-refractivity contribution < 1.29 is 23.8 Å². The Hall–Kier alpha value is -2.28. The number of hydrogen-bond donors (Lipinski definition) is 0. The standard InChI is InChI=1S/C22H34N2O5/c1-7-28-21(25)13-18-14-23(22(26)29-16(4)5)24(15(2)3)20(18)12-17-8-10-19(27-6)11-9-17/h8-11,15-16,18,20H,7,12-14H2,1-6H3/t18-,20+/m0/s1. The van der Waals surface area contributed by atoms with Gasteiger partial charge in [-0.3, -0.25) is 4.79 Å². The van der Waals surface area contributed by atoms with Crippen molar-refractivity contribution in [1.29, 1.82) is 0 Å². The Morgan fingerprint density at radius 3 is 2.31 bits per heavy atom. The number of hydrazine groups is 1. The van der Waals surface area contributed by atoms with Crippen molar-refractivity contribution >= 4 is 12.1 Å². The van der Waals surface area contributed by atoms with Crippen LogP contribution in [0, 0.1) is 5.92 Å². The molecule has 1 fully saturated rings. The van der Waals surface area contributed by atoms with Crippen molar-refractivity contribution in [2.45, 2.75) is 65.6 Å². The Morgan fingerprint density at radius 2 is 1.79 bits per heavy atom. The third kappa shape index (κ3) is 6.10. The fraction of sp³-hybridized carbons (Fsp3) is 0.636. The lowest BCUT2D eigenvalue weighted by Crippen LogP contribution is -2.50. The Bertz CT molecular complexity index is 674. The first-order valence-corrected chi connectivity index (χ1v) is 10.3. The molecule has 1 amide bonds. The Morgan fingerprint density at radius 1 is 1.14 bits per heavy atom. The second kappa shape index (κ2) is 10.5. The highest BCUT2D eigenvalue weighted by Gasteiger charge is 2.45. The van der Waals surface area contributed by atoms with Crippen LogP contribution in [-0.4, -0.2) is 60.5 Å². The summed E-state index contributed by atoms with van der Waals surface area (Å²) < 4.78 is 15.9. The third-order valence-corrected chi connectivity index (χ3v) is 4.98. The van der Waals surface area contributed by atoms with Gasteiger partial charge in [0.1, 0.15) is 5.75 Å². The average Bonchev–Trinajstić information content (AvgIpc) is 3.00. The van der Waals surface area contributed by atoms with Crippen molar-refractivity contribution in [3.8, 4) is 5.75 Å². The minimum Gasteiger partial charge on any atom is -0.497 e. The zero-order chi connectivity index (χ0) is 21.6. The van der Waals surface area contributed by atoms with Crippen molar-refractivity contribution in [3.05, 3.63) is 29.8 Å². The number of methoxy groups -OCH3 is 1. The van der Waals surface area contributed by atoms with E-state index in [0.29, 0.717) is 19.6 Å². The van der Waals surface area contributed by atoms with E-state index in [1.807, 2.05) is 52.0 Å². The molecule has 0 bridgehead atoms. The van der Waals surface area contributed by atoms with Gasteiger partial charge >= 0.3 is 12.1 Å². The zero-order valence-electron chi connectivity index (χ0n) is 18.4. The van der Waals surface area contributed by atoms with Crippen LogP contribution in [0.2, 0.25) is 0 Å². The normalized spacial score (nSPS) is 19.7. The molecule has 2 rings (SSSR count). The molecule has 7 nitrogen and oxygen atoms in total. The van der Waals surface area contributed by atoms with E-state index < -0.39 is 0 Å². The molecule has 1 aromatic rings. The smallest absolute Gasteiger partial charge is 0.424 e. The topological polar surface area (TPSA) is 68.3 Å². The van der Waals surface area contributed by atoms with Crippen molar-refractivity contribution in [1.82, 2.24) is 10.0 Å². The third-order valence-electron chi connectivity index (χ3n) is 4.98. The van der Waals surface area contributed by atoms with E-state index in [9.17, 15) is 9.59 Å². The lowest BCUT2D eigenvalue weighted by Gasteiger charge is -2.35. The molecule has 0 spiro atoms. The highest BCUT2D eigenvalue weighted by atomic mass is 16.6. The van der Waals surface area contributed by atoms with Crippen LogP contribution in [-0.2, 0) is 20.7 Å². The SMILES string of the molecule is CCOC(=O)C[C@H]1CN(C(=O)OC(C)C)N(C(C)C)[C@@H]1Cc1ccc(OC)cc1. The van der Waals surface area contributed by atoms with Crippen LogP contribution in [0.4, 0.5) is 4.79 Å². The van der Waals surface area contributed by atoms with Crippen molar-refractivity contribution in [3.63, 3.8) is 0 Å². The molecular formula is C22H34N2O5. The molecule has 29 heavy (non-hydrogen) atoms. The summed E-state index contributed by atoms with van der Waals surface area (Å²) in [6.45, 7) is 10.3. The molecule has 162 valence electrons. The van der Waals surface area contributed by atoms with E-state index in [4.69, 9.17) is 14.2 Å². The molecule has 2 atom stereocenters. The number of hydrogen-bond acceptors (Lipinski definition) is 6. The maximum Gasteiger partial charge on any atom is 0.424 e. The summed E-state index contributed by atoms with van der Waals surface area (Å²) in [7, 11) is 1.64. The molecule has 0 aliphatic carbocycles. The molecule has 7 heteroatoms. The highest BCUT2D eigenvalue weighted by Crippen LogP contribution is 2.33. The summed E-state index contributed by atoms with van der Waals surface area (Å²) >= 11 is 0. The Labute approximate surface area is 173 Å². The number of carbonyl (C=O) groups is 2. The highest BCUT2D eigenvalue weighted by molar-refractivity contribution is 5.71. The van der Waals surface area contributed by atoms with Crippen molar-refractivity contribution in [2.24, 2.45) is 5.92 Å². The minimum atomic E-state index is -0.375. The summed E-state index contributed by atoms with van der Waals surface area (Å²) in [6, 6.07) is 7.95. The molecule has 1 heterocycles. The summed E-state index contributed by atoms with van der Waals surface area (Å²) in [5.41, 5.74) is 1.12. The van der Waals surface area contributed by atoms with Gasteiger partial charge in [0.25, 0.3) is 0 Å².